The third-order valence-electron chi connectivity index (χ3n) is 1.46. The first-order valence-corrected chi connectivity index (χ1v) is 5.71. The molecule has 1 N–H and O–H groups in total. The summed E-state index contributed by atoms with van der Waals surface area (Å²) >= 11 is 1.75. The molecule has 0 spiro atoms. The number of hydrogen-bond acceptors (Lipinski definition) is 2. The van der Waals surface area contributed by atoms with Crippen molar-refractivity contribution in [1.29, 1.82) is 0 Å². The molecule has 12 heavy (non-hydrogen) atoms. The van der Waals surface area contributed by atoms with Crippen LogP contribution >= 0.6 is 11.8 Å². The van der Waals surface area contributed by atoms with E-state index in [4.69, 9.17) is 0 Å². The first kappa shape index (κ1) is 11.8. The first-order valence-electron chi connectivity index (χ1n) is 4.32. The van der Waals surface area contributed by atoms with Crippen molar-refractivity contribution in [3.8, 4) is 0 Å². The summed E-state index contributed by atoms with van der Waals surface area (Å²) in [6.45, 7) is 6.12. The normalized spacial score (nSPS) is 11.3. The lowest BCUT2D eigenvalue weighted by Crippen LogP contribution is -2.45. The Kier molecular flexibility index (Phi) is 5.38. The topological polar surface area (TPSA) is 29.1 Å². The van der Waals surface area contributed by atoms with Gasteiger partial charge in [0.05, 0.1) is 0 Å². The van der Waals surface area contributed by atoms with Gasteiger partial charge < -0.3 is 5.32 Å². The first-order chi connectivity index (χ1) is 5.52. The third kappa shape index (κ3) is 5.47. The predicted octanol–water partition coefficient (Wildman–Crippen LogP) is 2.04. The summed E-state index contributed by atoms with van der Waals surface area (Å²) in [6.07, 6.45) is 3.60. The van der Waals surface area contributed by atoms with Crippen LogP contribution in [0.5, 0.6) is 0 Å². The highest BCUT2D eigenvalue weighted by Crippen LogP contribution is 2.09. The van der Waals surface area contributed by atoms with Gasteiger partial charge in [0.1, 0.15) is 0 Å². The van der Waals surface area contributed by atoms with Crippen LogP contribution in [0.1, 0.15) is 33.6 Å². The summed E-state index contributed by atoms with van der Waals surface area (Å²) in [4.78, 5) is 11.2. The lowest BCUT2D eigenvalue weighted by atomic mass is 10.1. The Morgan fingerprint density at radius 3 is 2.50 bits per heavy atom. The zero-order valence-electron chi connectivity index (χ0n) is 8.44. The fourth-order valence-corrected chi connectivity index (χ4v) is 1.86. The van der Waals surface area contributed by atoms with Gasteiger partial charge in [-0.1, -0.05) is 6.92 Å². The number of hydrogen-bond donors (Lipinski definition) is 1. The van der Waals surface area contributed by atoms with E-state index in [0.29, 0.717) is 6.42 Å². The van der Waals surface area contributed by atoms with Crippen LogP contribution in [0.25, 0.3) is 0 Å². The predicted molar refractivity (Wildman–Crippen MR) is 55.5 cm³/mol. The molecular weight excluding hydrogens is 170 g/mol. The van der Waals surface area contributed by atoms with Crippen LogP contribution in [0.3, 0.4) is 0 Å². The monoisotopic (exact) mass is 189 g/mol. The maximum atomic E-state index is 11.2. The highest BCUT2D eigenvalue weighted by molar-refractivity contribution is 7.98. The number of rotatable bonds is 5. The van der Waals surface area contributed by atoms with E-state index < -0.39 is 0 Å². The number of amides is 1. The van der Waals surface area contributed by atoms with Gasteiger partial charge in [0.15, 0.2) is 0 Å². The lowest BCUT2D eigenvalue weighted by molar-refractivity contribution is -0.122. The van der Waals surface area contributed by atoms with Crippen molar-refractivity contribution in [2.45, 2.75) is 39.2 Å². The number of thioether (sulfide) groups is 1. The van der Waals surface area contributed by atoms with E-state index in [2.05, 4.69) is 19.2 Å². The van der Waals surface area contributed by atoms with Crippen molar-refractivity contribution in [1.82, 2.24) is 5.32 Å². The van der Waals surface area contributed by atoms with E-state index >= 15 is 0 Å². The quantitative estimate of drug-likeness (QED) is 0.717. The van der Waals surface area contributed by atoms with Gasteiger partial charge in [0, 0.05) is 17.7 Å². The standard InChI is InChI=1S/C9H19NOS/c1-5-6-8(11)10-9(2,3)7-12-4/h5-7H2,1-4H3,(H,10,11). The van der Waals surface area contributed by atoms with Crippen molar-refractivity contribution >= 4 is 17.7 Å². The van der Waals surface area contributed by atoms with Crippen molar-refractivity contribution in [3.63, 3.8) is 0 Å². The van der Waals surface area contributed by atoms with Gasteiger partial charge in [0.2, 0.25) is 5.91 Å². The molecule has 0 heterocycles. The molecule has 0 rings (SSSR count). The van der Waals surface area contributed by atoms with E-state index in [0.717, 1.165) is 12.2 Å². The van der Waals surface area contributed by atoms with Gasteiger partial charge in [-0.25, -0.2) is 0 Å². The lowest BCUT2D eigenvalue weighted by Gasteiger charge is -2.25. The molecule has 0 saturated heterocycles. The molecule has 0 radical (unpaired) electrons. The maximum Gasteiger partial charge on any atom is 0.220 e. The minimum atomic E-state index is -0.0638. The molecule has 0 aliphatic rings. The van der Waals surface area contributed by atoms with Gasteiger partial charge in [-0.05, 0) is 26.5 Å². The molecule has 0 aromatic carbocycles. The zero-order chi connectivity index (χ0) is 9.61. The Hall–Kier alpha value is -0.180. The van der Waals surface area contributed by atoms with E-state index in [1.54, 1.807) is 11.8 Å². The van der Waals surface area contributed by atoms with Crippen LogP contribution in [-0.4, -0.2) is 23.5 Å². The third-order valence-corrected chi connectivity index (χ3v) is 2.47. The Balaban J connectivity index is 3.79. The van der Waals surface area contributed by atoms with Crippen LogP contribution < -0.4 is 5.32 Å². The minimum Gasteiger partial charge on any atom is -0.350 e. The summed E-state index contributed by atoms with van der Waals surface area (Å²) in [6, 6.07) is 0. The molecule has 0 bridgehead atoms. The van der Waals surface area contributed by atoms with E-state index in [1.807, 2.05) is 13.2 Å². The molecule has 0 aromatic rings. The van der Waals surface area contributed by atoms with Gasteiger partial charge in [-0.15, -0.1) is 0 Å². The van der Waals surface area contributed by atoms with Crippen molar-refractivity contribution in [3.05, 3.63) is 0 Å². The molecule has 0 aliphatic carbocycles. The largest absolute Gasteiger partial charge is 0.350 e. The molecule has 2 nitrogen and oxygen atoms in total. The molecule has 0 unspecified atom stereocenters. The highest BCUT2D eigenvalue weighted by atomic mass is 32.2. The van der Waals surface area contributed by atoms with Crippen LogP contribution in [0.4, 0.5) is 0 Å². The average Bonchev–Trinajstić information content (AvgIpc) is 1.85. The SMILES string of the molecule is CCCC(=O)NC(C)(C)CSC. The Bertz CT molecular complexity index is 145. The van der Waals surface area contributed by atoms with Gasteiger partial charge in [-0.3, -0.25) is 4.79 Å². The summed E-state index contributed by atoms with van der Waals surface area (Å²) in [5.74, 6) is 1.12. The summed E-state index contributed by atoms with van der Waals surface area (Å²) in [7, 11) is 0. The van der Waals surface area contributed by atoms with Gasteiger partial charge in [0.25, 0.3) is 0 Å². The second kappa shape index (κ2) is 5.46. The summed E-state index contributed by atoms with van der Waals surface area (Å²) < 4.78 is 0. The molecule has 0 fully saturated rings. The van der Waals surface area contributed by atoms with Crippen LogP contribution in [0, 0.1) is 0 Å². The molecular formula is C9H19NOS. The number of carbonyl (C=O) groups is 1. The maximum absolute atomic E-state index is 11.2. The second-order valence-electron chi connectivity index (χ2n) is 3.62. The summed E-state index contributed by atoms with van der Waals surface area (Å²) in [5, 5.41) is 3.00. The smallest absolute Gasteiger partial charge is 0.220 e. The number of carbonyl (C=O) groups excluding carboxylic acids is 1. The number of nitrogens with one attached hydrogen (secondary N) is 1. The molecule has 72 valence electrons. The van der Waals surface area contributed by atoms with Crippen LogP contribution in [-0.2, 0) is 4.79 Å². The Labute approximate surface area is 79.5 Å². The van der Waals surface area contributed by atoms with Crippen molar-refractivity contribution < 1.29 is 4.79 Å². The molecule has 0 atom stereocenters. The van der Waals surface area contributed by atoms with Gasteiger partial charge >= 0.3 is 0 Å². The summed E-state index contributed by atoms with van der Waals surface area (Å²) in [5.41, 5.74) is -0.0638. The van der Waals surface area contributed by atoms with E-state index in [1.165, 1.54) is 0 Å². The van der Waals surface area contributed by atoms with Crippen LogP contribution in [0.15, 0.2) is 0 Å². The van der Waals surface area contributed by atoms with Crippen molar-refractivity contribution in [2.24, 2.45) is 0 Å². The second-order valence-corrected chi connectivity index (χ2v) is 4.48. The molecule has 0 aliphatic heterocycles. The van der Waals surface area contributed by atoms with E-state index in [-0.39, 0.29) is 11.4 Å². The minimum absolute atomic E-state index is 0.0638. The molecule has 1 amide bonds. The van der Waals surface area contributed by atoms with Crippen molar-refractivity contribution in [2.75, 3.05) is 12.0 Å². The highest BCUT2D eigenvalue weighted by Gasteiger charge is 2.18. The molecule has 0 aromatic heterocycles. The Morgan fingerprint density at radius 2 is 2.08 bits per heavy atom. The fourth-order valence-electron chi connectivity index (χ4n) is 1.06. The van der Waals surface area contributed by atoms with Crippen LogP contribution in [0.2, 0.25) is 0 Å². The van der Waals surface area contributed by atoms with Gasteiger partial charge in [-0.2, -0.15) is 11.8 Å². The Morgan fingerprint density at radius 1 is 1.50 bits per heavy atom. The average molecular weight is 189 g/mol. The zero-order valence-corrected chi connectivity index (χ0v) is 9.25. The molecule has 3 heteroatoms. The molecule has 0 saturated carbocycles. The fraction of sp³-hybridized carbons (Fsp3) is 0.889. The van der Waals surface area contributed by atoms with E-state index in [9.17, 15) is 4.79 Å².